The summed E-state index contributed by atoms with van der Waals surface area (Å²) in [6.45, 7) is -0.0217. The summed E-state index contributed by atoms with van der Waals surface area (Å²) in [4.78, 5) is 37.9. The van der Waals surface area contributed by atoms with Gasteiger partial charge in [-0.3, -0.25) is 9.13 Å². The molecule has 2 heterocycles. The Morgan fingerprint density at radius 3 is 2.50 bits per heavy atom. The Kier molecular flexibility index (Phi) is 7.82. The van der Waals surface area contributed by atoms with Gasteiger partial charge in [-0.15, -0.1) is 5.10 Å². The molecule has 1 unspecified atom stereocenters. The molecule has 0 radical (unpaired) electrons. The summed E-state index contributed by atoms with van der Waals surface area (Å²) < 4.78 is 29.2. The van der Waals surface area contributed by atoms with Crippen LogP contribution in [0.3, 0.4) is 0 Å². The van der Waals surface area contributed by atoms with Gasteiger partial charge in [0.25, 0.3) is 0 Å². The Morgan fingerprint density at radius 1 is 1.14 bits per heavy atom. The van der Waals surface area contributed by atoms with E-state index in [-0.39, 0.29) is 17.4 Å². The van der Waals surface area contributed by atoms with E-state index in [1.54, 1.807) is 7.05 Å². The van der Waals surface area contributed by atoms with Crippen molar-refractivity contribution in [2.45, 2.75) is 31.2 Å². The van der Waals surface area contributed by atoms with Crippen molar-refractivity contribution in [2.24, 2.45) is 5.92 Å². The van der Waals surface area contributed by atoms with E-state index >= 15 is 0 Å². The van der Waals surface area contributed by atoms with Crippen LogP contribution in [-0.2, 0) is 20.2 Å². The van der Waals surface area contributed by atoms with Crippen molar-refractivity contribution in [3.05, 3.63) is 41.2 Å². The molecule has 196 valence electrons. The highest BCUT2D eigenvalue weighted by atomic mass is 35.5. The topological polar surface area (TPSA) is 204 Å². The number of hydrogen-bond acceptors (Lipinski definition) is 10. The predicted octanol–water partition coefficient (Wildman–Crippen LogP) is 1.13. The van der Waals surface area contributed by atoms with Gasteiger partial charge in [0.05, 0.1) is 18.8 Å². The number of benzene rings is 1. The largest absolute Gasteiger partial charge is 0.390 e. The molecule has 0 amide bonds. The van der Waals surface area contributed by atoms with Gasteiger partial charge in [0.2, 0.25) is 5.28 Å². The average molecular weight is 563 g/mol. The second-order valence-electron chi connectivity index (χ2n) is 8.65. The molecule has 1 aromatic carbocycles. The van der Waals surface area contributed by atoms with Gasteiger partial charge in [0, 0.05) is 19.5 Å². The van der Waals surface area contributed by atoms with Crippen LogP contribution in [0.4, 0.5) is 5.82 Å². The monoisotopic (exact) mass is 562 g/mol. The summed E-state index contributed by atoms with van der Waals surface area (Å²) in [5.41, 5.74) is 1.56. The van der Waals surface area contributed by atoms with Crippen molar-refractivity contribution in [3.63, 3.8) is 0 Å². The van der Waals surface area contributed by atoms with Crippen LogP contribution in [0.15, 0.2) is 30.3 Å². The van der Waals surface area contributed by atoms with Crippen LogP contribution in [0, 0.1) is 5.92 Å². The highest BCUT2D eigenvalue weighted by Gasteiger charge is 2.45. The molecule has 17 heteroatoms. The van der Waals surface area contributed by atoms with Crippen molar-refractivity contribution in [3.8, 4) is 0 Å². The minimum atomic E-state index is -4.80. The van der Waals surface area contributed by atoms with Crippen LogP contribution in [0.5, 0.6) is 0 Å². The first-order chi connectivity index (χ1) is 16.8. The van der Waals surface area contributed by atoms with Crippen molar-refractivity contribution in [1.29, 1.82) is 0 Å². The molecule has 3 aromatic rings. The van der Waals surface area contributed by atoms with Crippen molar-refractivity contribution >= 4 is 43.8 Å². The maximum absolute atomic E-state index is 12.0. The van der Waals surface area contributed by atoms with E-state index < -0.39 is 51.9 Å². The molecular formula is C19H25ClN6O8P2. The zero-order valence-corrected chi connectivity index (χ0v) is 21.5. The maximum Gasteiger partial charge on any atom is 0.340 e. The maximum atomic E-state index is 12.0. The number of fused-ring (bicyclic) bond motifs is 1. The summed E-state index contributed by atoms with van der Waals surface area (Å²) in [6, 6.07) is 8.81. The summed E-state index contributed by atoms with van der Waals surface area (Å²) >= 11 is 6.18. The molecule has 0 saturated heterocycles. The molecule has 2 aromatic heterocycles. The lowest BCUT2D eigenvalue weighted by Gasteiger charge is -2.19. The molecule has 0 aliphatic heterocycles. The van der Waals surface area contributed by atoms with Gasteiger partial charge in [-0.2, -0.15) is 9.97 Å². The summed E-state index contributed by atoms with van der Waals surface area (Å²) in [7, 11) is -7.62. The second-order valence-corrected chi connectivity index (χ2v) is 13.0. The molecule has 1 saturated carbocycles. The molecule has 1 fully saturated rings. The third kappa shape index (κ3) is 6.10. The number of aliphatic hydroxyl groups excluding tert-OH is 2. The average Bonchev–Trinajstić information content (AvgIpc) is 3.31. The number of aliphatic hydroxyl groups is 2. The third-order valence-corrected chi connectivity index (χ3v) is 9.47. The molecule has 0 spiro atoms. The van der Waals surface area contributed by atoms with Crippen LogP contribution < -0.4 is 4.90 Å². The predicted molar refractivity (Wildman–Crippen MR) is 129 cm³/mol. The Hall–Kier alpha value is -1.99. The molecule has 4 rings (SSSR count). The Labute approximate surface area is 210 Å². The van der Waals surface area contributed by atoms with Crippen molar-refractivity contribution in [2.75, 3.05) is 24.5 Å². The SMILES string of the molecule is CN(Cc1ccccc1)c1nc(Cl)nc2c1nnn2[C@@H]1C[C@H](COP(=O)(O)CP(=O)(O)O)[C@@H](O)[C@H]1O. The second kappa shape index (κ2) is 10.4. The summed E-state index contributed by atoms with van der Waals surface area (Å²) in [5, 5.41) is 29.4. The molecule has 14 nitrogen and oxygen atoms in total. The number of nitrogens with zero attached hydrogens (tertiary/aromatic N) is 6. The van der Waals surface area contributed by atoms with Gasteiger partial charge < -0.3 is 34.3 Å². The highest BCUT2D eigenvalue weighted by Crippen LogP contribution is 2.56. The van der Waals surface area contributed by atoms with Crippen molar-refractivity contribution in [1.82, 2.24) is 25.0 Å². The summed E-state index contributed by atoms with van der Waals surface area (Å²) in [5.74, 6) is -1.78. The Balaban J connectivity index is 1.56. The van der Waals surface area contributed by atoms with Gasteiger partial charge in [-0.25, -0.2) is 4.68 Å². The van der Waals surface area contributed by atoms with E-state index in [9.17, 15) is 24.2 Å². The number of aromatic nitrogens is 5. The third-order valence-electron chi connectivity index (χ3n) is 5.84. The first-order valence-corrected chi connectivity index (χ1v) is 14.7. The lowest BCUT2D eigenvalue weighted by Crippen LogP contribution is -2.31. The van der Waals surface area contributed by atoms with Crippen molar-refractivity contribution < 1.29 is 38.5 Å². The lowest BCUT2D eigenvalue weighted by molar-refractivity contribution is -0.00362. The van der Waals surface area contributed by atoms with Crippen LogP contribution in [0.2, 0.25) is 5.28 Å². The summed E-state index contributed by atoms with van der Waals surface area (Å²) in [6.07, 6.45) is -2.68. The Bertz CT molecular complexity index is 1320. The molecule has 1 aliphatic rings. The minimum absolute atomic E-state index is 0.0491. The number of hydrogen-bond donors (Lipinski definition) is 5. The molecular weight excluding hydrogens is 538 g/mol. The van der Waals surface area contributed by atoms with E-state index in [4.69, 9.17) is 25.9 Å². The fourth-order valence-corrected chi connectivity index (χ4v) is 6.98. The van der Waals surface area contributed by atoms with Gasteiger partial charge in [-0.05, 0) is 23.6 Å². The first-order valence-electron chi connectivity index (χ1n) is 10.8. The molecule has 36 heavy (non-hydrogen) atoms. The Morgan fingerprint density at radius 2 is 1.83 bits per heavy atom. The van der Waals surface area contributed by atoms with Crippen LogP contribution in [-0.4, -0.2) is 81.6 Å². The smallest absolute Gasteiger partial charge is 0.340 e. The first kappa shape index (κ1) is 27.1. The number of halogens is 1. The van der Waals surface area contributed by atoms with E-state index in [0.717, 1.165) is 5.56 Å². The van der Waals surface area contributed by atoms with E-state index in [0.29, 0.717) is 17.9 Å². The molecule has 5 atom stereocenters. The fourth-order valence-electron chi connectivity index (χ4n) is 4.20. The zero-order valence-electron chi connectivity index (χ0n) is 18.9. The minimum Gasteiger partial charge on any atom is -0.390 e. The van der Waals surface area contributed by atoms with Gasteiger partial charge in [0.15, 0.2) is 22.9 Å². The molecule has 5 N–H and O–H groups in total. The number of anilines is 1. The van der Waals surface area contributed by atoms with Crippen LogP contribution in [0.25, 0.3) is 11.2 Å². The number of rotatable bonds is 9. The van der Waals surface area contributed by atoms with Gasteiger partial charge >= 0.3 is 15.2 Å². The fraction of sp³-hybridized carbons (Fsp3) is 0.474. The molecule has 1 aliphatic carbocycles. The lowest BCUT2D eigenvalue weighted by atomic mass is 10.1. The van der Waals surface area contributed by atoms with E-state index in [2.05, 4.69) is 20.3 Å². The van der Waals surface area contributed by atoms with Crippen LogP contribution >= 0.6 is 26.8 Å². The van der Waals surface area contributed by atoms with Gasteiger partial charge in [-0.1, -0.05) is 35.5 Å². The van der Waals surface area contributed by atoms with E-state index in [1.165, 1.54) is 4.68 Å². The quantitative estimate of drug-likeness (QED) is 0.183. The van der Waals surface area contributed by atoms with E-state index in [1.807, 2.05) is 35.2 Å². The molecule has 0 bridgehead atoms. The van der Waals surface area contributed by atoms with Gasteiger partial charge in [0.1, 0.15) is 6.10 Å². The normalized spacial score (nSPS) is 24.2. The van der Waals surface area contributed by atoms with Crippen LogP contribution in [0.1, 0.15) is 18.0 Å². The zero-order chi connectivity index (χ0) is 26.3. The standard InChI is InChI=1S/C19H25ClN6O8P2/c1-25(8-11-5-3-2-4-6-11)17-14-18(22-19(20)21-17)26(24-23-14)13-7-12(15(27)16(13)28)9-34-36(32,33)10-35(29,30)31/h2-6,12-13,15-16,27-28H,7-10H2,1H3,(H,32,33)(H2,29,30,31)/t12-,13-,15-,16+/m1/s1. The highest BCUT2D eigenvalue weighted by molar-refractivity contribution is 7.70.